The number of hydrogen-bond donors (Lipinski definition) is 1. The van der Waals surface area contributed by atoms with Crippen LogP contribution in [0.1, 0.15) is 12.8 Å². The summed E-state index contributed by atoms with van der Waals surface area (Å²) in [6.07, 6.45) is 10.4. The van der Waals surface area contributed by atoms with Crippen LogP contribution in [0, 0.1) is 18.3 Å². The highest BCUT2D eigenvalue weighted by Gasteiger charge is 2.43. The fourth-order valence-corrected chi connectivity index (χ4v) is 1.78. The number of aliphatic hydroxyl groups excluding tert-OH is 1. The lowest BCUT2D eigenvalue weighted by molar-refractivity contribution is 0.0222. The quantitative estimate of drug-likeness (QED) is 0.662. The van der Waals surface area contributed by atoms with E-state index in [2.05, 4.69) is 17.7 Å². The Hall–Kier alpha value is -0.560. The third kappa shape index (κ3) is 2.98. The second-order valence-corrected chi connectivity index (χ2v) is 4.05. The summed E-state index contributed by atoms with van der Waals surface area (Å²) in [7, 11) is 0. The van der Waals surface area contributed by atoms with E-state index in [9.17, 15) is 0 Å². The van der Waals surface area contributed by atoms with Crippen molar-refractivity contribution in [3.8, 4) is 12.8 Å². The highest BCUT2D eigenvalue weighted by atomic mass is 16.5. The summed E-state index contributed by atoms with van der Waals surface area (Å²) in [5, 5.41) is 9.13. The third-order valence-corrected chi connectivity index (χ3v) is 2.96. The number of rotatable bonds is 3. The number of terminal acetylenes is 1. The van der Waals surface area contributed by atoms with Crippen LogP contribution in [0.15, 0.2) is 0 Å². The van der Waals surface area contributed by atoms with Gasteiger partial charge in [-0.15, -0.1) is 12.8 Å². The van der Waals surface area contributed by atoms with E-state index < -0.39 is 0 Å². The zero-order valence-electron chi connectivity index (χ0n) is 8.61. The van der Waals surface area contributed by atoms with Gasteiger partial charge in [-0.3, -0.25) is 4.90 Å². The van der Waals surface area contributed by atoms with Gasteiger partial charge in [0.25, 0.3) is 0 Å². The molecule has 1 N–H and O–H groups in total. The van der Waals surface area contributed by atoms with Gasteiger partial charge in [-0.2, -0.15) is 0 Å². The van der Waals surface area contributed by atoms with E-state index in [1.807, 2.05) is 0 Å². The molecule has 1 aliphatic carbocycles. The van der Waals surface area contributed by atoms with Crippen molar-refractivity contribution >= 4 is 0 Å². The summed E-state index contributed by atoms with van der Waals surface area (Å²) in [6.45, 7) is 5.25. The zero-order chi connectivity index (χ0) is 10.4. The Morgan fingerprint density at radius 1 is 1.21 bits per heavy atom. The Morgan fingerprint density at radius 3 is 2.21 bits per heavy atom. The van der Waals surface area contributed by atoms with Gasteiger partial charge in [0.1, 0.15) is 0 Å². The number of morpholine rings is 1. The van der Waals surface area contributed by atoms with Crippen molar-refractivity contribution in [3.05, 3.63) is 0 Å². The fourth-order valence-electron chi connectivity index (χ4n) is 1.78. The van der Waals surface area contributed by atoms with Crippen LogP contribution < -0.4 is 0 Å². The van der Waals surface area contributed by atoms with Crippen molar-refractivity contribution in [2.45, 2.75) is 12.8 Å². The molecule has 0 amide bonds. The minimum absolute atomic E-state index is 0.275. The molecule has 1 saturated heterocycles. The van der Waals surface area contributed by atoms with E-state index in [1.54, 1.807) is 0 Å². The topological polar surface area (TPSA) is 32.7 Å². The van der Waals surface area contributed by atoms with E-state index in [4.69, 9.17) is 9.84 Å². The summed E-state index contributed by atoms with van der Waals surface area (Å²) in [5.74, 6) is 0. The molecule has 0 atom stereocenters. The van der Waals surface area contributed by atoms with Gasteiger partial charge in [0, 0.05) is 31.7 Å². The number of aliphatic hydroxyl groups is 1. The molecule has 1 heterocycles. The van der Waals surface area contributed by atoms with Gasteiger partial charge in [-0.05, 0) is 12.8 Å². The average molecular weight is 197 g/mol. The Balaban J connectivity index is 0.000000461. The molecule has 0 aromatic carbocycles. The number of hydrogen-bond acceptors (Lipinski definition) is 3. The first-order valence-electron chi connectivity index (χ1n) is 5.09. The van der Waals surface area contributed by atoms with Crippen molar-refractivity contribution in [3.63, 3.8) is 0 Å². The predicted molar refractivity (Wildman–Crippen MR) is 55.9 cm³/mol. The molecule has 2 fully saturated rings. The molecule has 0 unspecified atom stereocenters. The van der Waals surface area contributed by atoms with Crippen molar-refractivity contribution in [2.75, 3.05) is 39.5 Å². The molecule has 2 rings (SSSR count). The number of nitrogens with zero attached hydrogens (tertiary/aromatic N) is 1. The lowest BCUT2D eigenvalue weighted by Gasteiger charge is -2.29. The largest absolute Gasteiger partial charge is 0.396 e. The van der Waals surface area contributed by atoms with Crippen LogP contribution in [0.3, 0.4) is 0 Å². The minimum atomic E-state index is 0.275. The van der Waals surface area contributed by atoms with Crippen LogP contribution in [0.2, 0.25) is 0 Å². The van der Waals surface area contributed by atoms with Crippen LogP contribution in [0.5, 0.6) is 0 Å². The SMILES string of the molecule is C#C.OCC1(CN2CCOCC2)CC1. The zero-order valence-corrected chi connectivity index (χ0v) is 8.61. The normalized spacial score (nSPS) is 24.8. The summed E-state index contributed by atoms with van der Waals surface area (Å²) < 4.78 is 5.26. The predicted octanol–water partition coefficient (Wildman–Crippen LogP) is 0.340. The van der Waals surface area contributed by atoms with E-state index in [0.717, 1.165) is 32.8 Å². The van der Waals surface area contributed by atoms with Gasteiger partial charge in [0.05, 0.1) is 13.2 Å². The molecular weight excluding hydrogens is 178 g/mol. The monoisotopic (exact) mass is 197 g/mol. The Morgan fingerprint density at radius 2 is 1.79 bits per heavy atom. The molecule has 3 heteroatoms. The van der Waals surface area contributed by atoms with Gasteiger partial charge in [-0.1, -0.05) is 0 Å². The van der Waals surface area contributed by atoms with Gasteiger partial charge in [0.2, 0.25) is 0 Å². The Bertz CT molecular complexity index is 181. The van der Waals surface area contributed by atoms with Gasteiger partial charge in [0.15, 0.2) is 0 Å². The van der Waals surface area contributed by atoms with E-state index in [-0.39, 0.29) is 5.41 Å². The second kappa shape index (κ2) is 5.35. The molecule has 0 bridgehead atoms. The molecule has 14 heavy (non-hydrogen) atoms. The molecular formula is C11H19NO2. The van der Waals surface area contributed by atoms with Crippen LogP contribution in [0.25, 0.3) is 0 Å². The molecule has 0 radical (unpaired) electrons. The molecule has 0 aromatic rings. The summed E-state index contributed by atoms with van der Waals surface area (Å²) in [5.41, 5.74) is 0.275. The van der Waals surface area contributed by atoms with Gasteiger partial charge < -0.3 is 9.84 Å². The first-order chi connectivity index (χ1) is 6.85. The number of ether oxygens (including phenoxy) is 1. The minimum Gasteiger partial charge on any atom is -0.396 e. The van der Waals surface area contributed by atoms with Crippen LogP contribution in [0.4, 0.5) is 0 Å². The lowest BCUT2D eigenvalue weighted by atomic mass is 10.1. The molecule has 2 aliphatic rings. The van der Waals surface area contributed by atoms with Crippen LogP contribution in [-0.4, -0.2) is 49.5 Å². The van der Waals surface area contributed by atoms with E-state index >= 15 is 0 Å². The highest BCUT2D eigenvalue weighted by molar-refractivity contribution is 4.95. The summed E-state index contributed by atoms with van der Waals surface area (Å²) in [6, 6.07) is 0. The van der Waals surface area contributed by atoms with E-state index in [1.165, 1.54) is 12.8 Å². The van der Waals surface area contributed by atoms with Crippen LogP contribution in [-0.2, 0) is 4.74 Å². The molecule has 0 spiro atoms. The maximum absolute atomic E-state index is 9.13. The van der Waals surface area contributed by atoms with Crippen molar-refractivity contribution in [1.29, 1.82) is 0 Å². The van der Waals surface area contributed by atoms with Gasteiger partial charge in [-0.25, -0.2) is 0 Å². The summed E-state index contributed by atoms with van der Waals surface area (Å²) >= 11 is 0. The maximum atomic E-state index is 9.13. The molecule has 1 aliphatic heterocycles. The van der Waals surface area contributed by atoms with E-state index in [0.29, 0.717) is 6.61 Å². The molecule has 80 valence electrons. The first kappa shape index (κ1) is 11.5. The second-order valence-electron chi connectivity index (χ2n) is 4.05. The molecule has 1 saturated carbocycles. The maximum Gasteiger partial charge on any atom is 0.0594 e. The standard InChI is InChI=1S/C9H17NO2.C2H2/c11-8-9(1-2-9)7-10-3-5-12-6-4-10;1-2/h11H,1-8H2;1-2H. The Labute approximate surface area is 86.0 Å². The molecule has 3 nitrogen and oxygen atoms in total. The highest BCUT2D eigenvalue weighted by Crippen LogP contribution is 2.45. The fraction of sp³-hybridized carbons (Fsp3) is 0.818. The Kier molecular flexibility index (Phi) is 4.40. The summed E-state index contributed by atoms with van der Waals surface area (Å²) in [4.78, 5) is 2.41. The lowest BCUT2D eigenvalue weighted by Crippen LogP contribution is -2.40. The average Bonchev–Trinajstić information content (AvgIpc) is 3.03. The third-order valence-electron chi connectivity index (χ3n) is 2.96. The van der Waals surface area contributed by atoms with Crippen LogP contribution >= 0.6 is 0 Å². The molecule has 0 aromatic heterocycles. The first-order valence-corrected chi connectivity index (χ1v) is 5.09. The smallest absolute Gasteiger partial charge is 0.0594 e. The van der Waals surface area contributed by atoms with Crippen molar-refractivity contribution in [1.82, 2.24) is 4.90 Å². The van der Waals surface area contributed by atoms with Crippen molar-refractivity contribution < 1.29 is 9.84 Å². The van der Waals surface area contributed by atoms with Crippen molar-refractivity contribution in [2.24, 2.45) is 5.41 Å². The van der Waals surface area contributed by atoms with Gasteiger partial charge >= 0.3 is 0 Å².